The lowest BCUT2D eigenvalue weighted by atomic mass is 10.2. The summed E-state index contributed by atoms with van der Waals surface area (Å²) in [4.78, 5) is 23.0. The lowest BCUT2D eigenvalue weighted by Crippen LogP contribution is -2.40. The van der Waals surface area contributed by atoms with E-state index < -0.39 is 37.0 Å². The summed E-state index contributed by atoms with van der Waals surface area (Å²) in [5, 5.41) is 8.83. The van der Waals surface area contributed by atoms with Crippen molar-refractivity contribution in [3.8, 4) is 0 Å². The summed E-state index contributed by atoms with van der Waals surface area (Å²) in [6, 6.07) is 7.25. The van der Waals surface area contributed by atoms with Crippen molar-refractivity contribution in [2.24, 2.45) is 0 Å². The van der Waals surface area contributed by atoms with Gasteiger partial charge in [-0.05, 0) is 5.56 Å². The van der Waals surface area contributed by atoms with Gasteiger partial charge in [0.25, 0.3) is 5.92 Å². The lowest BCUT2D eigenvalue weighted by Gasteiger charge is -2.18. The molecule has 1 amide bonds. The second kappa shape index (κ2) is 5.44. The van der Waals surface area contributed by atoms with Crippen LogP contribution in [-0.4, -0.2) is 40.6 Å². The Labute approximate surface area is 113 Å². The highest BCUT2D eigenvalue weighted by Crippen LogP contribution is 2.32. The minimum absolute atomic E-state index is 0.0742. The molecule has 5 nitrogen and oxygen atoms in total. The molecule has 1 fully saturated rings. The van der Waals surface area contributed by atoms with Crippen LogP contribution in [0.5, 0.6) is 0 Å². The van der Waals surface area contributed by atoms with Gasteiger partial charge in [-0.15, -0.1) is 0 Å². The molecule has 0 bridgehead atoms. The fourth-order valence-electron chi connectivity index (χ4n) is 2.05. The number of carbonyl (C=O) groups excluding carboxylic acids is 1. The number of rotatable bonds is 3. The SMILES string of the molecule is O=C(OCc1ccccc1)[C@H]1CC(F)(F)CN1C(=O)O. The number of carboxylic acid groups (broad SMARTS) is 1. The highest BCUT2D eigenvalue weighted by Gasteiger charge is 2.50. The zero-order valence-corrected chi connectivity index (χ0v) is 10.5. The maximum absolute atomic E-state index is 13.2. The molecule has 0 aromatic heterocycles. The maximum Gasteiger partial charge on any atom is 0.408 e. The molecule has 7 heteroatoms. The van der Waals surface area contributed by atoms with Crippen LogP contribution in [0.1, 0.15) is 12.0 Å². The van der Waals surface area contributed by atoms with E-state index in [0.717, 1.165) is 0 Å². The lowest BCUT2D eigenvalue weighted by molar-refractivity contribution is -0.150. The molecule has 0 radical (unpaired) electrons. The molecule has 1 aromatic carbocycles. The van der Waals surface area contributed by atoms with Crippen molar-refractivity contribution in [3.63, 3.8) is 0 Å². The van der Waals surface area contributed by atoms with Crippen LogP contribution in [0.2, 0.25) is 0 Å². The van der Waals surface area contributed by atoms with Crippen molar-refractivity contribution in [2.75, 3.05) is 6.54 Å². The molecule has 1 aliphatic rings. The van der Waals surface area contributed by atoms with Crippen molar-refractivity contribution in [3.05, 3.63) is 35.9 Å². The van der Waals surface area contributed by atoms with Gasteiger partial charge in [-0.1, -0.05) is 30.3 Å². The number of hydrogen-bond donors (Lipinski definition) is 1. The number of likely N-dealkylation sites (tertiary alicyclic amines) is 1. The second-order valence-electron chi connectivity index (χ2n) is 4.58. The number of benzene rings is 1. The van der Waals surface area contributed by atoms with E-state index in [1.54, 1.807) is 30.3 Å². The van der Waals surface area contributed by atoms with Crippen molar-refractivity contribution in [1.82, 2.24) is 4.90 Å². The molecule has 2 rings (SSSR count). The molecule has 1 atom stereocenters. The number of esters is 1. The van der Waals surface area contributed by atoms with Crippen LogP contribution in [0.4, 0.5) is 13.6 Å². The Balaban J connectivity index is 1.99. The highest BCUT2D eigenvalue weighted by molar-refractivity contribution is 5.81. The Morgan fingerprint density at radius 3 is 2.60 bits per heavy atom. The number of halogens is 2. The molecule has 108 valence electrons. The van der Waals surface area contributed by atoms with Crippen molar-refractivity contribution < 1.29 is 28.2 Å². The van der Waals surface area contributed by atoms with Crippen LogP contribution in [-0.2, 0) is 16.1 Å². The molecule has 0 spiro atoms. The number of ether oxygens (including phenoxy) is 1. The zero-order chi connectivity index (χ0) is 14.8. The molecular weight excluding hydrogens is 272 g/mol. The average Bonchev–Trinajstić information content (AvgIpc) is 2.74. The van der Waals surface area contributed by atoms with Crippen LogP contribution in [0.15, 0.2) is 30.3 Å². The normalized spacial score (nSPS) is 20.7. The van der Waals surface area contributed by atoms with Gasteiger partial charge in [-0.2, -0.15) is 0 Å². The minimum Gasteiger partial charge on any atom is -0.465 e. The molecule has 0 aliphatic carbocycles. The largest absolute Gasteiger partial charge is 0.465 e. The molecule has 0 saturated carbocycles. The first-order valence-corrected chi connectivity index (χ1v) is 5.97. The molecule has 0 unspecified atom stereocenters. The van der Waals surface area contributed by atoms with E-state index in [2.05, 4.69) is 0 Å². The Morgan fingerprint density at radius 1 is 1.35 bits per heavy atom. The topological polar surface area (TPSA) is 66.8 Å². The summed E-state index contributed by atoms with van der Waals surface area (Å²) in [6.07, 6.45) is -2.39. The molecular formula is C13H13F2NO4. The number of hydrogen-bond acceptors (Lipinski definition) is 3. The van der Waals surface area contributed by atoms with Gasteiger partial charge in [0, 0.05) is 6.42 Å². The fraction of sp³-hybridized carbons (Fsp3) is 0.385. The molecule has 20 heavy (non-hydrogen) atoms. The summed E-state index contributed by atoms with van der Waals surface area (Å²) >= 11 is 0. The van der Waals surface area contributed by atoms with E-state index >= 15 is 0 Å². The van der Waals surface area contributed by atoms with Crippen LogP contribution in [0.25, 0.3) is 0 Å². The number of nitrogens with zero attached hydrogens (tertiary/aromatic N) is 1. The van der Waals surface area contributed by atoms with E-state index in [0.29, 0.717) is 10.5 Å². The standard InChI is InChI=1S/C13H13F2NO4/c14-13(15)6-10(16(8-13)12(18)19)11(17)20-7-9-4-2-1-3-5-9/h1-5,10H,6-8H2,(H,18,19)/t10-/m1/s1. The zero-order valence-electron chi connectivity index (χ0n) is 10.5. The maximum atomic E-state index is 13.2. The third-order valence-electron chi connectivity index (χ3n) is 3.01. The van der Waals surface area contributed by atoms with Gasteiger partial charge in [0.05, 0.1) is 6.54 Å². The van der Waals surface area contributed by atoms with Crippen LogP contribution >= 0.6 is 0 Å². The van der Waals surface area contributed by atoms with E-state index in [1.165, 1.54) is 0 Å². The summed E-state index contributed by atoms with van der Waals surface area (Å²) in [5.74, 6) is -4.15. The van der Waals surface area contributed by atoms with Crippen LogP contribution in [0, 0.1) is 0 Å². The van der Waals surface area contributed by atoms with Crippen LogP contribution < -0.4 is 0 Å². The number of amides is 1. The molecule has 1 N–H and O–H groups in total. The average molecular weight is 285 g/mol. The highest BCUT2D eigenvalue weighted by atomic mass is 19.3. The predicted molar refractivity (Wildman–Crippen MR) is 64.3 cm³/mol. The quantitative estimate of drug-likeness (QED) is 0.864. The first kappa shape index (κ1) is 14.2. The first-order chi connectivity index (χ1) is 9.39. The molecule has 1 heterocycles. The third kappa shape index (κ3) is 3.23. The van der Waals surface area contributed by atoms with Gasteiger partial charge in [-0.3, -0.25) is 4.90 Å². The van der Waals surface area contributed by atoms with Crippen LogP contribution in [0.3, 0.4) is 0 Å². The van der Waals surface area contributed by atoms with Crippen molar-refractivity contribution in [1.29, 1.82) is 0 Å². The Kier molecular flexibility index (Phi) is 3.87. The van der Waals surface area contributed by atoms with Gasteiger partial charge in [-0.25, -0.2) is 18.4 Å². The summed E-state index contributed by atoms with van der Waals surface area (Å²) in [6.45, 7) is -1.05. The summed E-state index contributed by atoms with van der Waals surface area (Å²) in [5.41, 5.74) is 0.701. The van der Waals surface area contributed by atoms with E-state index in [1.807, 2.05) is 0 Å². The summed E-state index contributed by atoms with van der Waals surface area (Å²) in [7, 11) is 0. The van der Waals surface area contributed by atoms with Gasteiger partial charge in [0.15, 0.2) is 0 Å². The number of carbonyl (C=O) groups is 2. The first-order valence-electron chi connectivity index (χ1n) is 5.97. The fourth-order valence-corrected chi connectivity index (χ4v) is 2.05. The van der Waals surface area contributed by atoms with E-state index in [-0.39, 0.29) is 6.61 Å². The predicted octanol–water partition coefficient (Wildman–Crippen LogP) is 2.12. The minimum atomic E-state index is -3.20. The number of alkyl halides is 2. The second-order valence-corrected chi connectivity index (χ2v) is 4.58. The third-order valence-corrected chi connectivity index (χ3v) is 3.01. The monoisotopic (exact) mass is 285 g/mol. The van der Waals surface area contributed by atoms with Gasteiger partial charge in [0.1, 0.15) is 12.6 Å². The molecule has 1 saturated heterocycles. The molecule has 1 aromatic rings. The van der Waals surface area contributed by atoms with Gasteiger partial charge in [0.2, 0.25) is 0 Å². The van der Waals surface area contributed by atoms with Gasteiger partial charge < -0.3 is 9.84 Å². The Bertz CT molecular complexity index is 506. The smallest absolute Gasteiger partial charge is 0.408 e. The summed E-state index contributed by atoms with van der Waals surface area (Å²) < 4.78 is 31.3. The van der Waals surface area contributed by atoms with Crippen molar-refractivity contribution >= 4 is 12.1 Å². The molecule has 1 aliphatic heterocycles. The Hall–Kier alpha value is -2.18. The van der Waals surface area contributed by atoms with Gasteiger partial charge >= 0.3 is 12.1 Å². The van der Waals surface area contributed by atoms with Crippen molar-refractivity contribution in [2.45, 2.75) is 25.0 Å². The van der Waals surface area contributed by atoms with E-state index in [9.17, 15) is 18.4 Å². The van der Waals surface area contributed by atoms with E-state index in [4.69, 9.17) is 9.84 Å². The Morgan fingerprint density at radius 2 is 2.00 bits per heavy atom.